The first-order valence-electron chi connectivity index (χ1n) is 6.61. The third kappa shape index (κ3) is 2.81. The van der Waals surface area contributed by atoms with Gasteiger partial charge in [0.15, 0.2) is 0 Å². The molecule has 0 amide bonds. The topological polar surface area (TPSA) is 17.8 Å². The number of hydrogen-bond acceptors (Lipinski definition) is 1. The molecule has 0 saturated carbocycles. The van der Waals surface area contributed by atoms with Crippen LogP contribution in [0, 0.1) is 0 Å². The minimum Gasteiger partial charge on any atom is -0.268 e. The van der Waals surface area contributed by atoms with E-state index in [-0.39, 0.29) is 5.41 Å². The average molecular weight is 242 g/mol. The lowest BCUT2D eigenvalue weighted by atomic mass is 9.87. The largest absolute Gasteiger partial charge is 0.268 e. The van der Waals surface area contributed by atoms with Crippen LogP contribution >= 0.6 is 0 Å². The number of benzene rings is 1. The molecule has 18 heavy (non-hydrogen) atoms. The molecule has 2 nitrogen and oxygen atoms in total. The van der Waals surface area contributed by atoms with E-state index in [1.165, 1.54) is 16.8 Å². The van der Waals surface area contributed by atoms with Crippen LogP contribution in [0.1, 0.15) is 44.5 Å². The normalized spacial score (nSPS) is 11.8. The first kappa shape index (κ1) is 12.9. The van der Waals surface area contributed by atoms with Gasteiger partial charge in [-0.15, -0.1) is 0 Å². The maximum Gasteiger partial charge on any atom is 0.0659 e. The lowest BCUT2D eigenvalue weighted by molar-refractivity contribution is 0.582. The molecule has 0 aliphatic carbocycles. The molecule has 2 rings (SSSR count). The highest BCUT2D eigenvalue weighted by atomic mass is 15.3. The number of aromatic nitrogens is 2. The van der Waals surface area contributed by atoms with Crippen LogP contribution in [0.2, 0.25) is 0 Å². The Balaban J connectivity index is 2.28. The summed E-state index contributed by atoms with van der Waals surface area (Å²) in [7, 11) is 0. The molecule has 0 spiro atoms. The molecule has 0 bridgehead atoms. The summed E-state index contributed by atoms with van der Waals surface area (Å²) in [5, 5.41) is 4.71. The number of aryl methyl sites for hydroxylation is 1. The van der Waals surface area contributed by atoms with Crippen LogP contribution in [0.4, 0.5) is 0 Å². The summed E-state index contributed by atoms with van der Waals surface area (Å²) in [5.74, 6) is 0. The quantitative estimate of drug-likeness (QED) is 0.800. The van der Waals surface area contributed by atoms with Crippen molar-refractivity contribution >= 4 is 0 Å². The predicted octanol–water partition coefficient (Wildman–Crippen LogP) is 3.79. The molecule has 0 radical (unpaired) electrons. The Bertz CT molecular complexity index is 504. The van der Waals surface area contributed by atoms with Crippen LogP contribution in [0.3, 0.4) is 0 Å². The molecule has 0 aliphatic heterocycles. The molecule has 0 unspecified atom stereocenters. The fraction of sp³-hybridized carbons (Fsp3) is 0.438. The van der Waals surface area contributed by atoms with E-state index in [9.17, 15) is 0 Å². The van der Waals surface area contributed by atoms with Crippen LogP contribution in [0.5, 0.6) is 0 Å². The summed E-state index contributed by atoms with van der Waals surface area (Å²) >= 11 is 0. The van der Waals surface area contributed by atoms with Gasteiger partial charge < -0.3 is 0 Å². The first-order valence-corrected chi connectivity index (χ1v) is 6.61. The Kier molecular flexibility index (Phi) is 3.55. The SMILES string of the molecule is CCc1nn(Cc2ccccc2)cc1C(C)(C)C. The zero-order valence-corrected chi connectivity index (χ0v) is 11.8. The van der Waals surface area contributed by atoms with Crippen LogP contribution in [-0.2, 0) is 18.4 Å². The lowest BCUT2D eigenvalue weighted by Crippen LogP contribution is -2.12. The van der Waals surface area contributed by atoms with Crippen molar-refractivity contribution in [1.82, 2.24) is 9.78 Å². The molecule has 1 heterocycles. The third-order valence-corrected chi connectivity index (χ3v) is 3.17. The van der Waals surface area contributed by atoms with Crippen LogP contribution in [0.25, 0.3) is 0 Å². The molecule has 2 heteroatoms. The Labute approximate surface area is 110 Å². The maximum atomic E-state index is 4.71. The number of rotatable bonds is 3. The molecule has 0 saturated heterocycles. The van der Waals surface area contributed by atoms with Crippen molar-refractivity contribution in [3.05, 3.63) is 53.3 Å². The van der Waals surface area contributed by atoms with Gasteiger partial charge in [0.25, 0.3) is 0 Å². The predicted molar refractivity (Wildman–Crippen MR) is 75.8 cm³/mol. The summed E-state index contributed by atoms with van der Waals surface area (Å²) in [6, 6.07) is 10.5. The Morgan fingerprint density at radius 1 is 1.11 bits per heavy atom. The molecule has 1 aromatic carbocycles. The van der Waals surface area contributed by atoms with Crippen molar-refractivity contribution in [1.29, 1.82) is 0 Å². The van der Waals surface area contributed by atoms with Crippen molar-refractivity contribution in [2.24, 2.45) is 0 Å². The second-order valence-electron chi connectivity index (χ2n) is 5.78. The Morgan fingerprint density at radius 3 is 2.28 bits per heavy atom. The minimum atomic E-state index is 0.167. The van der Waals surface area contributed by atoms with Gasteiger partial charge in [-0.05, 0) is 23.0 Å². The van der Waals surface area contributed by atoms with E-state index < -0.39 is 0 Å². The average Bonchev–Trinajstić information content (AvgIpc) is 2.73. The molecule has 2 aromatic rings. The van der Waals surface area contributed by atoms with E-state index in [2.05, 4.69) is 62.8 Å². The molecule has 0 aliphatic rings. The molecule has 0 N–H and O–H groups in total. The zero-order valence-electron chi connectivity index (χ0n) is 11.8. The second-order valence-corrected chi connectivity index (χ2v) is 5.78. The van der Waals surface area contributed by atoms with Gasteiger partial charge in [-0.1, -0.05) is 58.0 Å². The summed E-state index contributed by atoms with van der Waals surface area (Å²) < 4.78 is 2.06. The summed E-state index contributed by atoms with van der Waals surface area (Å²) in [5.41, 5.74) is 4.04. The van der Waals surface area contributed by atoms with Gasteiger partial charge in [-0.25, -0.2) is 0 Å². The lowest BCUT2D eigenvalue weighted by Gasteiger charge is -2.17. The minimum absolute atomic E-state index is 0.167. The fourth-order valence-corrected chi connectivity index (χ4v) is 2.20. The number of hydrogen-bond donors (Lipinski definition) is 0. The summed E-state index contributed by atoms with van der Waals surface area (Å²) in [6.07, 6.45) is 3.19. The van der Waals surface area contributed by atoms with Crippen LogP contribution < -0.4 is 0 Å². The molecule has 96 valence electrons. The molecular weight excluding hydrogens is 220 g/mol. The van der Waals surface area contributed by atoms with Gasteiger partial charge in [0, 0.05) is 6.20 Å². The van der Waals surface area contributed by atoms with Gasteiger partial charge in [0.1, 0.15) is 0 Å². The van der Waals surface area contributed by atoms with Gasteiger partial charge >= 0.3 is 0 Å². The van der Waals surface area contributed by atoms with E-state index in [1.54, 1.807) is 0 Å². The fourth-order valence-electron chi connectivity index (χ4n) is 2.20. The van der Waals surface area contributed by atoms with Gasteiger partial charge in [-0.3, -0.25) is 4.68 Å². The second kappa shape index (κ2) is 4.97. The highest BCUT2D eigenvalue weighted by Gasteiger charge is 2.20. The number of nitrogens with zero attached hydrogens (tertiary/aromatic N) is 2. The monoisotopic (exact) mass is 242 g/mol. The Hall–Kier alpha value is -1.57. The van der Waals surface area contributed by atoms with Crippen molar-refractivity contribution in [3.63, 3.8) is 0 Å². The highest BCUT2D eigenvalue weighted by Crippen LogP contribution is 2.25. The molecular formula is C16H22N2. The van der Waals surface area contributed by atoms with E-state index in [0.29, 0.717) is 0 Å². The van der Waals surface area contributed by atoms with E-state index in [0.717, 1.165) is 13.0 Å². The van der Waals surface area contributed by atoms with Gasteiger partial charge in [0.2, 0.25) is 0 Å². The van der Waals surface area contributed by atoms with Gasteiger partial charge in [-0.2, -0.15) is 5.10 Å². The zero-order chi connectivity index (χ0) is 13.2. The Morgan fingerprint density at radius 2 is 1.78 bits per heavy atom. The van der Waals surface area contributed by atoms with Crippen molar-refractivity contribution in [3.8, 4) is 0 Å². The smallest absolute Gasteiger partial charge is 0.0659 e. The van der Waals surface area contributed by atoms with Crippen molar-refractivity contribution in [2.75, 3.05) is 0 Å². The molecule has 1 aromatic heterocycles. The van der Waals surface area contributed by atoms with Crippen molar-refractivity contribution < 1.29 is 0 Å². The van der Waals surface area contributed by atoms with E-state index in [4.69, 9.17) is 5.10 Å². The maximum absolute atomic E-state index is 4.71. The van der Waals surface area contributed by atoms with E-state index >= 15 is 0 Å². The highest BCUT2D eigenvalue weighted by molar-refractivity contribution is 5.26. The van der Waals surface area contributed by atoms with Crippen LogP contribution in [-0.4, -0.2) is 9.78 Å². The van der Waals surface area contributed by atoms with Gasteiger partial charge in [0.05, 0.1) is 12.2 Å². The third-order valence-electron chi connectivity index (χ3n) is 3.17. The van der Waals surface area contributed by atoms with Crippen molar-refractivity contribution in [2.45, 2.75) is 46.1 Å². The first-order chi connectivity index (χ1) is 8.50. The molecule has 0 fully saturated rings. The summed E-state index contributed by atoms with van der Waals surface area (Å²) in [6.45, 7) is 9.76. The summed E-state index contributed by atoms with van der Waals surface area (Å²) in [4.78, 5) is 0. The molecule has 0 atom stereocenters. The van der Waals surface area contributed by atoms with E-state index in [1.807, 2.05) is 6.07 Å². The van der Waals surface area contributed by atoms with Crippen LogP contribution in [0.15, 0.2) is 36.5 Å². The standard InChI is InChI=1S/C16H22N2/c1-5-15-14(16(2,3)4)12-18(17-15)11-13-9-7-6-8-10-13/h6-10,12H,5,11H2,1-4H3.